The van der Waals surface area contributed by atoms with Crippen LogP contribution in [0.4, 0.5) is 0 Å². The van der Waals surface area contributed by atoms with Crippen LogP contribution in [0.1, 0.15) is 0 Å². The van der Waals surface area contributed by atoms with E-state index in [1.165, 1.54) is 7.11 Å². The summed E-state index contributed by atoms with van der Waals surface area (Å²) in [5.41, 5.74) is 0. The molecule has 0 heterocycles. The molecule has 0 spiro atoms. The van der Waals surface area contributed by atoms with Crippen LogP contribution in [0.15, 0.2) is 10.1 Å². The minimum absolute atomic E-state index is 0.0972. The van der Waals surface area contributed by atoms with E-state index in [4.69, 9.17) is 5.84 Å². The molecule has 0 unspecified atom stereocenters. The number of nitrogens with zero attached hydrogens (tertiary/aromatic N) is 2. The van der Waals surface area contributed by atoms with E-state index in [1.54, 1.807) is 0 Å². The number of amidine groups is 1. The topological polar surface area (TPSA) is 60.0 Å². The molecule has 0 aliphatic carbocycles. The predicted molar refractivity (Wildman–Crippen MR) is 28.2 cm³/mol. The fourth-order valence-electron chi connectivity index (χ4n) is 0.158. The van der Waals surface area contributed by atoms with Gasteiger partial charge in [-0.3, -0.25) is 0 Å². The Labute approximate surface area is 41.7 Å². The van der Waals surface area contributed by atoms with Crippen LogP contribution >= 0.6 is 0 Å². The molecule has 0 saturated heterocycles. The van der Waals surface area contributed by atoms with Crippen molar-refractivity contribution in [1.82, 2.24) is 0 Å². The summed E-state index contributed by atoms with van der Waals surface area (Å²) in [6.07, 6.45) is 0. The Kier molecular flexibility index (Phi) is 2.67. The number of aliphatic imine (C=N–C) groups is 1. The largest absolute Gasteiger partial charge is 0.466 e. The van der Waals surface area contributed by atoms with Crippen LogP contribution in [0.25, 0.3) is 0 Å². The quantitative estimate of drug-likeness (QED) is 0.195. The van der Waals surface area contributed by atoms with Crippen molar-refractivity contribution < 1.29 is 4.74 Å². The Balaban J connectivity index is 3.60. The summed E-state index contributed by atoms with van der Waals surface area (Å²) in [4.78, 5) is 3.28. The van der Waals surface area contributed by atoms with Gasteiger partial charge >= 0.3 is 6.02 Å². The summed E-state index contributed by atoms with van der Waals surface area (Å²) in [5.74, 6) is 4.72. The van der Waals surface area contributed by atoms with Crippen molar-refractivity contribution in [1.29, 1.82) is 0 Å². The lowest BCUT2D eigenvalue weighted by atomic mass is 11.1. The van der Waals surface area contributed by atoms with Crippen molar-refractivity contribution >= 4 is 12.7 Å². The number of hydrazone groups is 1. The van der Waals surface area contributed by atoms with Crippen LogP contribution in [-0.4, -0.2) is 19.8 Å². The van der Waals surface area contributed by atoms with E-state index in [1.807, 2.05) is 0 Å². The fraction of sp³-hybridized carbons (Fsp3) is 0.333. The molecule has 40 valence electrons. The lowest BCUT2D eigenvalue weighted by molar-refractivity contribution is 0.395. The van der Waals surface area contributed by atoms with Crippen LogP contribution in [0.2, 0.25) is 0 Å². The van der Waals surface area contributed by atoms with Gasteiger partial charge in [-0.25, -0.2) is 4.99 Å². The molecule has 0 amide bonds. The first-order chi connectivity index (χ1) is 3.35. The van der Waals surface area contributed by atoms with Gasteiger partial charge in [0.15, 0.2) is 0 Å². The minimum Gasteiger partial charge on any atom is -0.466 e. The fourth-order valence-corrected chi connectivity index (χ4v) is 0.158. The van der Waals surface area contributed by atoms with Crippen molar-refractivity contribution in [2.24, 2.45) is 15.9 Å². The van der Waals surface area contributed by atoms with Gasteiger partial charge in [0.25, 0.3) is 0 Å². The highest BCUT2D eigenvalue weighted by atomic mass is 16.5. The Morgan fingerprint density at radius 3 is 2.43 bits per heavy atom. The van der Waals surface area contributed by atoms with E-state index in [0.29, 0.717) is 0 Å². The molecular formula is C3H7N3O. The van der Waals surface area contributed by atoms with E-state index in [-0.39, 0.29) is 6.02 Å². The highest BCUT2D eigenvalue weighted by Gasteiger charge is 1.82. The maximum Gasteiger partial charge on any atom is 0.332 e. The molecule has 0 aliphatic rings. The predicted octanol–water partition coefficient (Wildman–Crippen LogP) is -0.437. The van der Waals surface area contributed by atoms with Crippen molar-refractivity contribution in [3.05, 3.63) is 0 Å². The van der Waals surface area contributed by atoms with Crippen molar-refractivity contribution in [2.75, 3.05) is 7.11 Å². The van der Waals surface area contributed by atoms with Crippen molar-refractivity contribution in [2.45, 2.75) is 0 Å². The van der Waals surface area contributed by atoms with Crippen LogP contribution in [-0.2, 0) is 4.74 Å². The van der Waals surface area contributed by atoms with Gasteiger partial charge in [0.05, 0.1) is 7.11 Å². The van der Waals surface area contributed by atoms with Gasteiger partial charge in [0, 0.05) is 0 Å². The standard InChI is InChI=1S/C3H7N3O/c1-5-3(6-4)7-2/h1,4H2,2H3/b6-3+. The summed E-state index contributed by atoms with van der Waals surface area (Å²) < 4.78 is 4.44. The second kappa shape index (κ2) is 3.14. The molecule has 0 aromatic heterocycles. The summed E-state index contributed by atoms with van der Waals surface area (Å²) in [6, 6.07) is 0.0972. The molecule has 0 saturated carbocycles. The van der Waals surface area contributed by atoms with E-state index in [9.17, 15) is 0 Å². The normalized spacial score (nSPS) is 10.7. The Morgan fingerprint density at radius 1 is 1.86 bits per heavy atom. The summed E-state index contributed by atoms with van der Waals surface area (Å²) in [7, 11) is 1.42. The molecule has 0 radical (unpaired) electrons. The van der Waals surface area contributed by atoms with Crippen molar-refractivity contribution in [3.63, 3.8) is 0 Å². The molecular weight excluding hydrogens is 94.1 g/mol. The first kappa shape index (κ1) is 5.94. The van der Waals surface area contributed by atoms with Gasteiger partial charge in [-0.05, 0) is 6.72 Å². The number of hydrogen-bond acceptors (Lipinski definition) is 3. The zero-order chi connectivity index (χ0) is 5.70. The summed E-state index contributed by atoms with van der Waals surface area (Å²) >= 11 is 0. The Hall–Kier alpha value is -1.06. The highest BCUT2D eigenvalue weighted by Crippen LogP contribution is 1.72. The number of ether oxygens (including phenoxy) is 1. The molecule has 0 atom stereocenters. The van der Waals surface area contributed by atoms with Gasteiger partial charge in [0.1, 0.15) is 0 Å². The van der Waals surface area contributed by atoms with Crippen molar-refractivity contribution in [3.8, 4) is 0 Å². The zero-order valence-electron chi connectivity index (χ0n) is 4.09. The summed E-state index contributed by atoms with van der Waals surface area (Å²) in [5, 5.41) is 3.09. The highest BCUT2D eigenvalue weighted by molar-refractivity contribution is 5.77. The maximum absolute atomic E-state index is 4.72. The van der Waals surface area contributed by atoms with E-state index < -0.39 is 0 Å². The third kappa shape index (κ3) is 1.75. The smallest absolute Gasteiger partial charge is 0.332 e. The van der Waals surface area contributed by atoms with Crippen LogP contribution in [0.5, 0.6) is 0 Å². The van der Waals surface area contributed by atoms with Gasteiger partial charge in [0.2, 0.25) is 0 Å². The van der Waals surface area contributed by atoms with Gasteiger partial charge in [-0.15, -0.1) is 5.10 Å². The maximum atomic E-state index is 4.72. The molecule has 0 bridgehead atoms. The molecule has 4 heteroatoms. The Bertz CT molecular complexity index is 88.2. The molecule has 7 heavy (non-hydrogen) atoms. The van der Waals surface area contributed by atoms with Crippen LogP contribution in [0.3, 0.4) is 0 Å². The third-order valence-corrected chi connectivity index (χ3v) is 0.428. The van der Waals surface area contributed by atoms with Crippen LogP contribution in [0, 0.1) is 0 Å². The van der Waals surface area contributed by atoms with Gasteiger partial charge in [-0.2, -0.15) is 0 Å². The first-order valence-electron chi connectivity index (χ1n) is 1.63. The SMILES string of the molecule is C=N/C(=N\N)OC. The molecule has 0 aliphatic heterocycles. The molecule has 0 aromatic rings. The molecule has 2 N–H and O–H groups in total. The monoisotopic (exact) mass is 101 g/mol. The third-order valence-electron chi connectivity index (χ3n) is 0.428. The van der Waals surface area contributed by atoms with E-state index in [0.717, 1.165) is 0 Å². The second-order valence-electron chi connectivity index (χ2n) is 0.774. The van der Waals surface area contributed by atoms with Crippen LogP contribution < -0.4 is 5.84 Å². The number of rotatable bonds is 0. The molecule has 0 fully saturated rings. The number of nitrogens with two attached hydrogens (primary N) is 1. The average molecular weight is 101 g/mol. The Morgan fingerprint density at radius 2 is 2.43 bits per heavy atom. The molecule has 4 nitrogen and oxygen atoms in total. The average Bonchev–Trinajstić information content (AvgIpc) is 1.72. The van der Waals surface area contributed by atoms with Gasteiger partial charge in [-0.1, -0.05) is 0 Å². The van der Waals surface area contributed by atoms with Gasteiger partial charge < -0.3 is 10.6 Å². The molecule has 0 rings (SSSR count). The summed E-state index contributed by atoms with van der Waals surface area (Å²) in [6.45, 7) is 3.12. The second-order valence-corrected chi connectivity index (χ2v) is 0.774. The minimum atomic E-state index is 0.0972. The number of hydrogen-bond donors (Lipinski definition) is 1. The van der Waals surface area contributed by atoms with E-state index in [2.05, 4.69) is 21.5 Å². The number of methoxy groups -OCH3 is 1. The zero-order valence-corrected chi connectivity index (χ0v) is 4.09. The lowest BCUT2D eigenvalue weighted by Gasteiger charge is -1.89. The van der Waals surface area contributed by atoms with E-state index >= 15 is 0 Å². The molecule has 0 aromatic carbocycles. The lowest BCUT2D eigenvalue weighted by Crippen LogP contribution is -1.99. The first-order valence-corrected chi connectivity index (χ1v) is 1.63.